The van der Waals surface area contributed by atoms with Gasteiger partial charge >= 0.3 is 0 Å². The molecule has 1 rings (SSSR count). The largest absolute Gasteiger partial charge is 0.337 e. The Bertz CT molecular complexity index is 225. The minimum atomic E-state index is 0. The van der Waals surface area contributed by atoms with Crippen molar-refractivity contribution < 1.29 is 4.79 Å². The summed E-state index contributed by atoms with van der Waals surface area (Å²) in [4.78, 5) is 16.3. The molecule has 1 atom stereocenters. The van der Waals surface area contributed by atoms with E-state index in [2.05, 4.69) is 18.7 Å². The molecular weight excluding hydrogens is 273 g/mol. The van der Waals surface area contributed by atoms with Crippen LogP contribution in [0.5, 0.6) is 0 Å². The molecule has 110 valence electrons. The van der Waals surface area contributed by atoms with Crippen molar-refractivity contribution in [1.29, 1.82) is 0 Å². The average Bonchev–Trinajstić information content (AvgIpc) is 2.35. The summed E-state index contributed by atoms with van der Waals surface area (Å²) in [5.41, 5.74) is 5.72. The van der Waals surface area contributed by atoms with Gasteiger partial charge in [0.25, 0.3) is 0 Å². The third-order valence-corrected chi connectivity index (χ3v) is 3.47. The van der Waals surface area contributed by atoms with Crippen LogP contribution in [0.3, 0.4) is 0 Å². The summed E-state index contributed by atoms with van der Waals surface area (Å²) >= 11 is 0. The number of carbonyl (C=O) groups is 1. The molecule has 1 unspecified atom stereocenters. The van der Waals surface area contributed by atoms with Crippen LogP contribution in [-0.4, -0.2) is 54.5 Å². The molecule has 0 bridgehead atoms. The Balaban J connectivity index is 0. The number of rotatable bonds is 5. The predicted molar refractivity (Wildman–Crippen MR) is 80.7 cm³/mol. The Kier molecular flexibility index (Phi) is 12.2. The van der Waals surface area contributed by atoms with Crippen molar-refractivity contribution in [3.05, 3.63) is 0 Å². The van der Waals surface area contributed by atoms with Crippen molar-refractivity contribution >= 4 is 30.7 Å². The van der Waals surface area contributed by atoms with Gasteiger partial charge in [-0.25, -0.2) is 0 Å². The second-order valence-electron chi connectivity index (χ2n) is 4.43. The normalized spacial score (nSPS) is 19.1. The molecule has 0 radical (unpaired) electrons. The quantitative estimate of drug-likeness (QED) is 0.837. The molecule has 0 spiro atoms. The number of nitrogens with zero attached hydrogens (tertiary/aromatic N) is 2. The maximum Gasteiger partial charge on any atom is 0.237 e. The SMILES string of the molecule is CCN(CC)CC(=O)N1CCCCC1CN.Cl.Cl. The molecule has 0 aromatic rings. The van der Waals surface area contributed by atoms with Crippen molar-refractivity contribution in [3.8, 4) is 0 Å². The fourth-order valence-corrected chi connectivity index (χ4v) is 2.30. The van der Waals surface area contributed by atoms with Crippen LogP contribution in [-0.2, 0) is 4.79 Å². The minimum absolute atomic E-state index is 0. The number of hydrogen-bond acceptors (Lipinski definition) is 3. The first kappa shape index (κ1) is 20.3. The van der Waals surface area contributed by atoms with Crippen LogP contribution in [0.1, 0.15) is 33.1 Å². The van der Waals surface area contributed by atoms with Crippen molar-refractivity contribution in [2.24, 2.45) is 5.73 Å². The van der Waals surface area contributed by atoms with E-state index >= 15 is 0 Å². The van der Waals surface area contributed by atoms with Gasteiger partial charge in [0, 0.05) is 19.1 Å². The maximum absolute atomic E-state index is 12.1. The Hall–Kier alpha value is -0.0300. The molecule has 1 aliphatic heterocycles. The van der Waals surface area contributed by atoms with Gasteiger partial charge in [-0.15, -0.1) is 24.8 Å². The molecule has 0 aromatic carbocycles. The third-order valence-electron chi connectivity index (χ3n) is 3.47. The van der Waals surface area contributed by atoms with Gasteiger partial charge in [-0.2, -0.15) is 0 Å². The highest BCUT2D eigenvalue weighted by Gasteiger charge is 2.25. The minimum Gasteiger partial charge on any atom is -0.337 e. The number of amides is 1. The van der Waals surface area contributed by atoms with E-state index in [0.29, 0.717) is 13.1 Å². The Morgan fingerprint density at radius 1 is 1.28 bits per heavy atom. The Labute approximate surface area is 123 Å². The maximum atomic E-state index is 12.1. The van der Waals surface area contributed by atoms with E-state index in [4.69, 9.17) is 5.73 Å². The first-order valence-corrected chi connectivity index (χ1v) is 6.44. The molecule has 6 heteroatoms. The standard InChI is InChI=1S/C12H25N3O.2ClH/c1-3-14(4-2)10-12(16)15-8-6-5-7-11(15)9-13;;/h11H,3-10,13H2,1-2H3;2*1H. The van der Waals surface area contributed by atoms with Crippen LogP contribution in [0.25, 0.3) is 0 Å². The molecule has 2 N–H and O–H groups in total. The number of carbonyl (C=O) groups excluding carboxylic acids is 1. The molecule has 1 saturated heterocycles. The molecule has 18 heavy (non-hydrogen) atoms. The van der Waals surface area contributed by atoms with Crippen LogP contribution in [0.2, 0.25) is 0 Å². The zero-order chi connectivity index (χ0) is 12.0. The van der Waals surface area contributed by atoms with Crippen molar-refractivity contribution in [3.63, 3.8) is 0 Å². The third kappa shape index (κ3) is 5.74. The summed E-state index contributed by atoms with van der Waals surface area (Å²) in [7, 11) is 0. The Morgan fingerprint density at radius 3 is 2.39 bits per heavy atom. The second-order valence-corrected chi connectivity index (χ2v) is 4.43. The molecule has 0 aromatic heterocycles. The van der Waals surface area contributed by atoms with Gasteiger partial charge in [0.2, 0.25) is 5.91 Å². The zero-order valence-electron chi connectivity index (χ0n) is 11.4. The van der Waals surface area contributed by atoms with E-state index in [9.17, 15) is 4.79 Å². The van der Waals surface area contributed by atoms with Crippen molar-refractivity contribution in [2.75, 3.05) is 32.7 Å². The van der Waals surface area contributed by atoms with Crippen LogP contribution in [0.4, 0.5) is 0 Å². The van der Waals surface area contributed by atoms with Gasteiger partial charge in [0.05, 0.1) is 6.54 Å². The fraction of sp³-hybridized carbons (Fsp3) is 0.917. The van der Waals surface area contributed by atoms with Crippen molar-refractivity contribution in [2.45, 2.75) is 39.2 Å². The fourth-order valence-electron chi connectivity index (χ4n) is 2.30. The van der Waals surface area contributed by atoms with E-state index < -0.39 is 0 Å². The number of piperidine rings is 1. The molecule has 1 amide bonds. The summed E-state index contributed by atoms with van der Waals surface area (Å²) in [6.45, 7) is 8.09. The number of nitrogens with two attached hydrogens (primary N) is 1. The molecule has 1 aliphatic rings. The zero-order valence-corrected chi connectivity index (χ0v) is 13.1. The Morgan fingerprint density at radius 2 is 1.89 bits per heavy atom. The highest BCUT2D eigenvalue weighted by molar-refractivity contribution is 5.85. The van der Waals surface area contributed by atoms with Crippen LogP contribution >= 0.6 is 24.8 Å². The van der Waals surface area contributed by atoms with Crippen LogP contribution in [0.15, 0.2) is 0 Å². The number of likely N-dealkylation sites (N-methyl/N-ethyl adjacent to an activating group) is 1. The molecule has 4 nitrogen and oxygen atoms in total. The van der Waals surface area contributed by atoms with Gasteiger partial charge in [0.15, 0.2) is 0 Å². The van der Waals surface area contributed by atoms with Gasteiger partial charge in [-0.05, 0) is 32.4 Å². The number of likely N-dealkylation sites (tertiary alicyclic amines) is 1. The summed E-state index contributed by atoms with van der Waals surface area (Å²) in [5, 5.41) is 0. The van der Waals surface area contributed by atoms with Gasteiger partial charge in [0.1, 0.15) is 0 Å². The molecular formula is C12H27Cl2N3O. The lowest BCUT2D eigenvalue weighted by molar-refractivity contribution is -0.135. The highest BCUT2D eigenvalue weighted by atomic mass is 35.5. The summed E-state index contributed by atoms with van der Waals surface area (Å²) in [5.74, 6) is 0.249. The van der Waals surface area contributed by atoms with E-state index in [1.807, 2.05) is 4.90 Å². The monoisotopic (exact) mass is 299 g/mol. The number of halogens is 2. The molecule has 0 aliphatic carbocycles. The topological polar surface area (TPSA) is 49.6 Å². The van der Waals surface area contributed by atoms with Crippen LogP contribution < -0.4 is 5.73 Å². The second kappa shape index (κ2) is 10.9. The predicted octanol–water partition coefficient (Wildman–Crippen LogP) is 1.51. The van der Waals surface area contributed by atoms with E-state index in [1.54, 1.807) is 0 Å². The lowest BCUT2D eigenvalue weighted by atomic mass is 10.0. The van der Waals surface area contributed by atoms with Crippen molar-refractivity contribution in [1.82, 2.24) is 9.80 Å². The summed E-state index contributed by atoms with van der Waals surface area (Å²) in [6.07, 6.45) is 3.40. The molecule has 1 fully saturated rings. The van der Waals surface area contributed by atoms with Gasteiger partial charge in [-0.1, -0.05) is 13.8 Å². The lowest BCUT2D eigenvalue weighted by Crippen LogP contribution is -2.50. The lowest BCUT2D eigenvalue weighted by Gasteiger charge is -2.36. The van der Waals surface area contributed by atoms with E-state index in [1.165, 1.54) is 6.42 Å². The molecule has 0 saturated carbocycles. The first-order chi connectivity index (χ1) is 7.72. The molecule has 1 heterocycles. The first-order valence-electron chi connectivity index (χ1n) is 6.44. The van der Waals surface area contributed by atoms with E-state index in [-0.39, 0.29) is 36.8 Å². The average molecular weight is 300 g/mol. The van der Waals surface area contributed by atoms with Gasteiger partial charge < -0.3 is 10.6 Å². The summed E-state index contributed by atoms with van der Waals surface area (Å²) < 4.78 is 0. The van der Waals surface area contributed by atoms with Gasteiger partial charge in [-0.3, -0.25) is 9.69 Å². The smallest absolute Gasteiger partial charge is 0.237 e. The summed E-state index contributed by atoms with van der Waals surface area (Å²) in [6, 6.07) is 0.275. The van der Waals surface area contributed by atoms with Crippen LogP contribution in [0, 0.1) is 0 Å². The number of hydrogen-bond donors (Lipinski definition) is 1. The van der Waals surface area contributed by atoms with E-state index in [0.717, 1.165) is 32.5 Å². The highest BCUT2D eigenvalue weighted by Crippen LogP contribution is 2.16.